The molecule has 25 heavy (non-hydrogen) atoms. The van der Waals surface area contributed by atoms with Crippen LogP contribution < -0.4 is 11.1 Å². The fourth-order valence-corrected chi connectivity index (χ4v) is 4.01. The Morgan fingerprint density at radius 2 is 2.12 bits per heavy atom. The highest BCUT2D eigenvalue weighted by Crippen LogP contribution is 2.40. The van der Waals surface area contributed by atoms with Crippen LogP contribution in [0, 0.1) is 0 Å². The topological polar surface area (TPSA) is 84.3 Å². The fourth-order valence-electron chi connectivity index (χ4n) is 2.21. The Labute approximate surface area is 171 Å². The predicted octanol–water partition coefficient (Wildman–Crippen LogP) is 4.51. The molecule has 0 aliphatic carbocycles. The van der Waals surface area contributed by atoms with Gasteiger partial charge >= 0.3 is 0 Å². The minimum atomic E-state index is -0.351. The van der Waals surface area contributed by atoms with Crippen LogP contribution in [0.2, 0.25) is 10.2 Å². The lowest BCUT2D eigenvalue weighted by Crippen LogP contribution is -2.26. The number of furan rings is 1. The lowest BCUT2D eigenvalue weighted by atomic mass is 10.2. The van der Waals surface area contributed by atoms with Crippen LogP contribution in [0.3, 0.4) is 0 Å². The van der Waals surface area contributed by atoms with E-state index in [-0.39, 0.29) is 37.5 Å². The molecule has 0 radical (unpaired) electrons. The standard InChI is InChI=1S/C15H15Cl2N3O2S.2ClH/c16-12-5-10(19-6-9-2-1-3-22-9)15-14(20-12)13(17)11(23-15)4-8(18)7-21;;/h1-3,5,8,21H,4,6-7,18H2,(H,19,20);2*1H. The van der Waals surface area contributed by atoms with E-state index in [1.165, 1.54) is 11.3 Å². The molecule has 3 heterocycles. The summed E-state index contributed by atoms with van der Waals surface area (Å²) in [6.45, 7) is 0.436. The molecule has 3 rings (SSSR count). The third-order valence-corrected chi connectivity index (χ3v) is 5.28. The van der Waals surface area contributed by atoms with Gasteiger partial charge in [0.25, 0.3) is 0 Å². The van der Waals surface area contributed by atoms with E-state index in [1.807, 2.05) is 12.1 Å². The van der Waals surface area contributed by atoms with Crippen molar-refractivity contribution in [3.05, 3.63) is 45.3 Å². The average molecular weight is 445 g/mol. The molecule has 4 N–H and O–H groups in total. The minimum absolute atomic E-state index is 0. The van der Waals surface area contributed by atoms with Gasteiger partial charge in [0.1, 0.15) is 16.4 Å². The lowest BCUT2D eigenvalue weighted by molar-refractivity contribution is 0.266. The van der Waals surface area contributed by atoms with Crippen molar-refractivity contribution >= 4 is 75.3 Å². The third-order valence-electron chi connectivity index (χ3n) is 3.33. The van der Waals surface area contributed by atoms with Crippen LogP contribution in [-0.4, -0.2) is 22.7 Å². The number of fused-ring (bicyclic) bond motifs is 1. The number of nitrogens with zero attached hydrogens (tertiary/aromatic N) is 1. The largest absolute Gasteiger partial charge is 0.467 e. The Hall–Kier alpha value is -0.730. The summed E-state index contributed by atoms with van der Waals surface area (Å²) >= 11 is 14.0. The number of thiophene rings is 1. The number of pyridine rings is 1. The molecule has 0 aliphatic heterocycles. The summed E-state index contributed by atoms with van der Waals surface area (Å²) in [5, 5.41) is 13.3. The Morgan fingerprint density at radius 3 is 2.76 bits per heavy atom. The van der Waals surface area contributed by atoms with E-state index in [0.29, 0.717) is 28.7 Å². The second-order valence-electron chi connectivity index (χ2n) is 5.09. The highest BCUT2D eigenvalue weighted by Gasteiger charge is 2.17. The summed E-state index contributed by atoms with van der Waals surface area (Å²) < 4.78 is 6.22. The average Bonchev–Trinajstić information content (AvgIpc) is 3.15. The van der Waals surface area contributed by atoms with Crippen molar-refractivity contribution in [3.8, 4) is 0 Å². The van der Waals surface area contributed by atoms with Gasteiger partial charge in [0.2, 0.25) is 0 Å². The lowest BCUT2D eigenvalue weighted by Gasteiger charge is -2.06. The van der Waals surface area contributed by atoms with Crippen LogP contribution in [0.1, 0.15) is 10.6 Å². The quantitative estimate of drug-likeness (QED) is 0.487. The number of halogens is 4. The van der Waals surface area contributed by atoms with Crippen LogP contribution in [0.15, 0.2) is 28.9 Å². The molecule has 0 fully saturated rings. The van der Waals surface area contributed by atoms with Gasteiger partial charge in [0.05, 0.1) is 34.8 Å². The van der Waals surface area contributed by atoms with Gasteiger partial charge in [-0.2, -0.15) is 0 Å². The smallest absolute Gasteiger partial charge is 0.131 e. The summed E-state index contributed by atoms with van der Waals surface area (Å²) in [5.41, 5.74) is 7.29. The number of nitrogens with one attached hydrogen (secondary N) is 1. The molecule has 3 aromatic heterocycles. The molecule has 1 unspecified atom stereocenters. The second kappa shape index (κ2) is 9.83. The molecule has 0 aliphatic rings. The summed E-state index contributed by atoms with van der Waals surface area (Å²) in [7, 11) is 0. The molecule has 5 nitrogen and oxygen atoms in total. The molecular formula is C15H17Cl4N3O2S. The van der Waals surface area contributed by atoms with Crippen LogP contribution in [-0.2, 0) is 13.0 Å². The van der Waals surface area contributed by atoms with Crippen LogP contribution in [0.4, 0.5) is 5.69 Å². The van der Waals surface area contributed by atoms with Crippen molar-refractivity contribution in [2.75, 3.05) is 11.9 Å². The number of hydrogen-bond acceptors (Lipinski definition) is 6. The van der Waals surface area contributed by atoms with Gasteiger partial charge in [-0.25, -0.2) is 4.98 Å². The maximum absolute atomic E-state index is 9.13. The van der Waals surface area contributed by atoms with E-state index >= 15 is 0 Å². The molecule has 0 spiro atoms. The predicted molar refractivity (Wildman–Crippen MR) is 109 cm³/mol. The number of aliphatic hydroxyl groups excluding tert-OH is 1. The summed E-state index contributed by atoms with van der Waals surface area (Å²) in [6.07, 6.45) is 2.12. The van der Waals surface area contributed by atoms with Crippen molar-refractivity contribution < 1.29 is 9.52 Å². The molecule has 10 heteroatoms. The zero-order valence-corrected chi connectivity index (χ0v) is 16.8. The van der Waals surface area contributed by atoms with Gasteiger partial charge in [0, 0.05) is 23.4 Å². The fraction of sp³-hybridized carbons (Fsp3) is 0.267. The molecule has 1 atom stereocenters. The summed E-state index contributed by atoms with van der Waals surface area (Å²) in [6, 6.07) is 5.13. The first kappa shape index (κ1) is 22.3. The van der Waals surface area contributed by atoms with Crippen LogP contribution in [0.5, 0.6) is 0 Å². The van der Waals surface area contributed by atoms with Gasteiger partial charge in [-0.05, 0) is 12.1 Å². The van der Waals surface area contributed by atoms with E-state index in [1.54, 1.807) is 12.3 Å². The van der Waals surface area contributed by atoms with Gasteiger partial charge in [-0.15, -0.1) is 36.2 Å². The number of nitrogens with two attached hydrogens (primary N) is 1. The first-order chi connectivity index (χ1) is 11.1. The van der Waals surface area contributed by atoms with Crippen LogP contribution in [0.25, 0.3) is 10.2 Å². The zero-order valence-electron chi connectivity index (χ0n) is 12.9. The van der Waals surface area contributed by atoms with E-state index in [9.17, 15) is 0 Å². The number of rotatable bonds is 6. The highest BCUT2D eigenvalue weighted by molar-refractivity contribution is 7.20. The molecule has 138 valence electrons. The van der Waals surface area contributed by atoms with Gasteiger partial charge in [-0.3, -0.25) is 0 Å². The van der Waals surface area contributed by atoms with Crippen molar-refractivity contribution in [2.24, 2.45) is 5.73 Å². The molecule has 0 bridgehead atoms. The SMILES string of the molecule is Cl.Cl.NC(CO)Cc1sc2c(NCc3ccco3)cc(Cl)nc2c1Cl. The van der Waals surface area contributed by atoms with E-state index < -0.39 is 0 Å². The minimum Gasteiger partial charge on any atom is -0.467 e. The van der Waals surface area contributed by atoms with Gasteiger partial charge < -0.3 is 20.6 Å². The van der Waals surface area contributed by atoms with Gasteiger partial charge in [0.15, 0.2) is 0 Å². The Balaban J connectivity index is 0.00000156. The second-order valence-corrected chi connectivity index (χ2v) is 6.96. The molecule has 3 aromatic rings. The molecule has 0 aromatic carbocycles. The Kier molecular flexibility index (Phi) is 8.77. The molecular weight excluding hydrogens is 428 g/mol. The summed E-state index contributed by atoms with van der Waals surface area (Å²) in [4.78, 5) is 5.20. The van der Waals surface area contributed by atoms with E-state index in [4.69, 9.17) is 38.5 Å². The third kappa shape index (κ3) is 5.14. The number of aliphatic hydroxyl groups is 1. The molecule has 0 saturated carbocycles. The van der Waals surface area contributed by atoms with Gasteiger partial charge in [-0.1, -0.05) is 23.2 Å². The zero-order chi connectivity index (χ0) is 16.4. The normalized spacial score (nSPS) is 11.7. The van der Waals surface area contributed by atoms with Crippen molar-refractivity contribution in [1.29, 1.82) is 0 Å². The summed E-state index contributed by atoms with van der Waals surface area (Å²) in [5.74, 6) is 0.816. The van der Waals surface area contributed by atoms with E-state index in [2.05, 4.69) is 10.3 Å². The van der Waals surface area contributed by atoms with Crippen molar-refractivity contribution in [3.63, 3.8) is 0 Å². The molecule has 0 amide bonds. The van der Waals surface area contributed by atoms with Crippen LogP contribution >= 0.6 is 59.4 Å². The van der Waals surface area contributed by atoms with E-state index in [0.717, 1.165) is 21.0 Å². The highest BCUT2D eigenvalue weighted by atomic mass is 35.5. The Bertz CT molecular complexity index is 811. The first-order valence-electron chi connectivity index (χ1n) is 6.98. The van der Waals surface area contributed by atoms with Crippen molar-refractivity contribution in [2.45, 2.75) is 19.0 Å². The number of aromatic nitrogens is 1. The van der Waals surface area contributed by atoms with Crippen molar-refractivity contribution in [1.82, 2.24) is 4.98 Å². The Morgan fingerprint density at radius 1 is 1.36 bits per heavy atom. The maximum Gasteiger partial charge on any atom is 0.131 e. The maximum atomic E-state index is 9.13. The number of hydrogen-bond donors (Lipinski definition) is 3. The first-order valence-corrected chi connectivity index (χ1v) is 8.56. The monoisotopic (exact) mass is 443 g/mol. The molecule has 0 saturated heterocycles. The number of anilines is 1.